The van der Waals surface area contributed by atoms with Gasteiger partial charge in [-0.25, -0.2) is 17.6 Å². The summed E-state index contributed by atoms with van der Waals surface area (Å²) in [7, 11) is -3.33. The first-order valence-electron chi connectivity index (χ1n) is 6.63. The van der Waals surface area contributed by atoms with E-state index >= 15 is 0 Å². The summed E-state index contributed by atoms with van der Waals surface area (Å²) in [5, 5.41) is 0. The van der Waals surface area contributed by atoms with Gasteiger partial charge in [0.15, 0.2) is 5.82 Å². The van der Waals surface area contributed by atoms with E-state index in [1.807, 2.05) is 4.72 Å². The number of hydrogen-bond donors (Lipinski definition) is 1. The summed E-state index contributed by atoms with van der Waals surface area (Å²) in [6.45, 7) is 0. The van der Waals surface area contributed by atoms with Crippen LogP contribution in [0.3, 0.4) is 0 Å². The molecule has 10 heteroatoms. The molecular formula is C15H11F4NO4S. The molecular weight excluding hydrogens is 366 g/mol. The summed E-state index contributed by atoms with van der Waals surface area (Å²) >= 11 is 0. The molecule has 0 spiro atoms. The molecule has 0 heterocycles. The molecule has 2 rings (SSSR count). The van der Waals surface area contributed by atoms with Gasteiger partial charge in [-0.15, -0.1) is 0 Å². The number of hydrogen-bond acceptors (Lipinski definition) is 4. The molecule has 0 amide bonds. The SMILES string of the molecule is COC(=O)c1cccc(NS(=O)(=O)c2ccc(C(F)(F)F)cc2)c1F. The molecule has 0 aliphatic rings. The van der Waals surface area contributed by atoms with Crippen molar-refractivity contribution < 1.29 is 35.5 Å². The van der Waals surface area contributed by atoms with Crippen LogP contribution in [0, 0.1) is 5.82 Å². The van der Waals surface area contributed by atoms with Crippen molar-refractivity contribution in [3.63, 3.8) is 0 Å². The molecule has 0 saturated carbocycles. The van der Waals surface area contributed by atoms with Crippen LogP contribution in [0.15, 0.2) is 47.4 Å². The van der Waals surface area contributed by atoms with Crippen LogP contribution >= 0.6 is 0 Å². The number of carbonyl (C=O) groups is 1. The number of alkyl halides is 3. The van der Waals surface area contributed by atoms with Gasteiger partial charge in [0.1, 0.15) is 0 Å². The Morgan fingerprint density at radius 3 is 2.20 bits per heavy atom. The van der Waals surface area contributed by atoms with Crippen molar-refractivity contribution in [1.82, 2.24) is 0 Å². The highest BCUT2D eigenvalue weighted by atomic mass is 32.2. The van der Waals surface area contributed by atoms with Crippen LogP contribution in [0.1, 0.15) is 15.9 Å². The monoisotopic (exact) mass is 377 g/mol. The fourth-order valence-corrected chi connectivity index (χ4v) is 2.96. The van der Waals surface area contributed by atoms with Crippen LogP contribution in [-0.4, -0.2) is 21.5 Å². The summed E-state index contributed by atoms with van der Waals surface area (Å²) in [6, 6.07) is 6.05. The summed E-state index contributed by atoms with van der Waals surface area (Å²) in [4.78, 5) is 10.9. The standard InChI is InChI=1S/C15H11F4NO4S/c1-24-14(21)11-3-2-4-12(13(11)16)20-25(22,23)10-7-5-9(6-8-10)15(17,18)19/h2-8,20H,1H3. The molecule has 0 bridgehead atoms. The minimum atomic E-state index is -4.61. The van der Waals surface area contributed by atoms with Crippen LogP contribution in [0.2, 0.25) is 0 Å². The summed E-state index contributed by atoms with van der Waals surface area (Å²) in [6.07, 6.45) is -4.61. The van der Waals surface area contributed by atoms with E-state index in [1.54, 1.807) is 0 Å². The normalized spacial score (nSPS) is 11.9. The van der Waals surface area contributed by atoms with Crippen LogP contribution in [0.25, 0.3) is 0 Å². The Bertz CT molecular complexity index is 893. The van der Waals surface area contributed by atoms with Gasteiger partial charge >= 0.3 is 12.1 Å². The molecule has 25 heavy (non-hydrogen) atoms. The molecule has 2 aromatic carbocycles. The zero-order chi connectivity index (χ0) is 18.8. The van der Waals surface area contributed by atoms with E-state index in [2.05, 4.69) is 4.74 Å². The Hall–Kier alpha value is -2.62. The van der Waals surface area contributed by atoms with Crippen molar-refractivity contribution in [2.45, 2.75) is 11.1 Å². The van der Waals surface area contributed by atoms with Gasteiger partial charge in [0, 0.05) is 0 Å². The second-order valence-electron chi connectivity index (χ2n) is 4.79. The highest BCUT2D eigenvalue weighted by Gasteiger charge is 2.30. The number of carbonyl (C=O) groups excluding carboxylic acids is 1. The predicted octanol–water partition coefficient (Wildman–Crippen LogP) is 3.43. The van der Waals surface area contributed by atoms with E-state index in [1.165, 1.54) is 6.07 Å². The minimum absolute atomic E-state index is 0.491. The van der Waals surface area contributed by atoms with Gasteiger partial charge in [-0.2, -0.15) is 13.2 Å². The largest absolute Gasteiger partial charge is 0.465 e. The third kappa shape index (κ3) is 4.08. The molecule has 0 atom stereocenters. The first kappa shape index (κ1) is 18.7. The lowest BCUT2D eigenvalue weighted by atomic mass is 10.2. The predicted molar refractivity (Wildman–Crippen MR) is 80.0 cm³/mol. The smallest absolute Gasteiger partial charge is 0.416 e. The van der Waals surface area contributed by atoms with Gasteiger partial charge in [0.2, 0.25) is 0 Å². The number of nitrogens with one attached hydrogen (secondary N) is 1. The highest BCUT2D eigenvalue weighted by Crippen LogP contribution is 2.30. The molecule has 0 saturated heterocycles. The Balaban J connectivity index is 2.35. The lowest BCUT2D eigenvalue weighted by Crippen LogP contribution is -2.16. The molecule has 134 valence electrons. The van der Waals surface area contributed by atoms with Crippen LogP contribution in [0.5, 0.6) is 0 Å². The van der Waals surface area contributed by atoms with Gasteiger partial charge in [-0.3, -0.25) is 4.72 Å². The molecule has 0 unspecified atom stereocenters. The van der Waals surface area contributed by atoms with E-state index < -0.39 is 49.7 Å². The third-order valence-electron chi connectivity index (χ3n) is 3.14. The minimum Gasteiger partial charge on any atom is -0.465 e. The molecule has 5 nitrogen and oxygen atoms in total. The first-order valence-corrected chi connectivity index (χ1v) is 8.11. The van der Waals surface area contributed by atoms with Crippen molar-refractivity contribution in [1.29, 1.82) is 0 Å². The molecule has 0 aliphatic carbocycles. The zero-order valence-corrected chi connectivity index (χ0v) is 13.4. The topological polar surface area (TPSA) is 72.5 Å². The Labute approximate surface area is 140 Å². The average molecular weight is 377 g/mol. The number of sulfonamides is 1. The Kier molecular flexibility index (Phi) is 5.02. The number of benzene rings is 2. The summed E-state index contributed by atoms with van der Waals surface area (Å²) in [5.74, 6) is -2.17. The number of rotatable bonds is 4. The lowest BCUT2D eigenvalue weighted by molar-refractivity contribution is -0.137. The fraction of sp³-hybridized carbons (Fsp3) is 0.133. The number of esters is 1. The van der Waals surface area contributed by atoms with E-state index in [0.717, 1.165) is 31.4 Å². The molecule has 0 aliphatic heterocycles. The first-order chi connectivity index (χ1) is 11.6. The summed E-state index contributed by atoms with van der Waals surface area (Å²) < 4.78 is 82.4. The second-order valence-corrected chi connectivity index (χ2v) is 6.47. The number of ether oxygens (including phenoxy) is 1. The molecule has 2 aromatic rings. The number of halogens is 4. The van der Waals surface area contributed by atoms with E-state index in [0.29, 0.717) is 12.1 Å². The Morgan fingerprint density at radius 1 is 1.08 bits per heavy atom. The maximum Gasteiger partial charge on any atom is 0.416 e. The van der Waals surface area contributed by atoms with Gasteiger partial charge in [-0.05, 0) is 36.4 Å². The number of anilines is 1. The van der Waals surface area contributed by atoms with Crippen molar-refractivity contribution in [3.05, 3.63) is 59.4 Å². The molecule has 0 fully saturated rings. The average Bonchev–Trinajstić information content (AvgIpc) is 2.55. The van der Waals surface area contributed by atoms with E-state index in [9.17, 15) is 30.8 Å². The Morgan fingerprint density at radius 2 is 1.68 bits per heavy atom. The van der Waals surface area contributed by atoms with Crippen molar-refractivity contribution in [2.75, 3.05) is 11.8 Å². The third-order valence-corrected chi connectivity index (χ3v) is 4.52. The number of methoxy groups -OCH3 is 1. The molecule has 0 radical (unpaired) electrons. The van der Waals surface area contributed by atoms with Crippen molar-refractivity contribution in [3.8, 4) is 0 Å². The molecule has 0 aromatic heterocycles. The van der Waals surface area contributed by atoms with Gasteiger partial charge in [0.05, 0.1) is 28.8 Å². The van der Waals surface area contributed by atoms with Gasteiger partial charge < -0.3 is 4.74 Å². The van der Waals surface area contributed by atoms with E-state index in [-0.39, 0.29) is 0 Å². The maximum absolute atomic E-state index is 14.2. The summed E-state index contributed by atoms with van der Waals surface area (Å²) in [5.41, 5.74) is -2.05. The van der Waals surface area contributed by atoms with Gasteiger partial charge in [0.25, 0.3) is 10.0 Å². The molecule has 1 N–H and O–H groups in total. The van der Waals surface area contributed by atoms with Crippen molar-refractivity contribution >= 4 is 21.7 Å². The van der Waals surface area contributed by atoms with Crippen molar-refractivity contribution in [2.24, 2.45) is 0 Å². The highest BCUT2D eigenvalue weighted by molar-refractivity contribution is 7.92. The van der Waals surface area contributed by atoms with Crippen LogP contribution in [-0.2, 0) is 20.9 Å². The van der Waals surface area contributed by atoms with Gasteiger partial charge in [-0.1, -0.05) is 6.07 Å². The second kappa shape index (κ2) is 6.71. The van der Waals surface area contributed by atoms with Crippen LogP contribution in [0.4, 0.5) is 23.2 Å². The zero-order valence-electron chi connectivity index (χ0n) is 12.6. The maximum atomic E-state index is 14.2. The lowest BCUT2D eigenvalue weighted by Gasteiger charge is -2.12. The quantitative estimate of drug-likeness (QED) is 0.655. The fourth-order valence-electron chi connectivity index (χ4n) is 1.91. The van der Waals surface area contributed by atoms with E-state index in [4.69, 9.17) is 0 Å². The van der Waals surface area contributed by atoms with Crippen LogP contribution < -0.4 is 4.72 Å².